The molecule has 2 rings (SSSR count). The van der Waals surface area contributed by atoms with Crippen molar-refractivity contribution in [2.45, 2.75) is 26.9 Å². The van der Waals surface area contributed by atoms with E-state index in [4.69, 9.17) is 9.84 Å². The largest absolute Gasteiger partial charge is 0.488 e. The zero-order chi connectivity index (χ0) is 14.4. The summed E-state index contributed by atoms with van der Waals surface area (Å²) in [6, 6.07) is 8.17. The summed E-state index contributed by atoms with van der Waals surface area (Å²) >= 11 is 1.64. The van der Waals surface area contributed by atoms with Crippen LogP contribution in [0.25, 0.3) is 0 Å². The van der Waals surface area contributed by atoms with Crippen LogP contribution in [0, 0.1) is 25.7 Å². The van der Waals surface area contributed by atoms with E-state index in [-0.39, 0.29) is 6.61 Å². The molecule has 0 aliphatic heterocycles. The first-order valence-corrected chi connectivity index (χ1v) is 7.44. The second-order valence-electron chi connectivity index (χ2n) is 4.61. The Bertz CT molecular complexity index is 632. The molecule has 0 aliphatic carbocycles. The van der Waals surface area contributed by atoms with Crippen molar-refractivity contribution in [2.24, 2.45) is 0 Å². The molecule has 1 aromatic heterocycles. The van der Waals surface area contributed by atoms with Crippen LogP contribution >= 0.6 is 11.3 Å². The van der Waals surface area contributed by atoms with Crippen molar-refractivity contribution in [3.05, 3.63) is 51.2 Å². The van der Waals surface area contributed by atoms with Crippen LogP contribution in [-0.4, -0.2) is 11.7 Å². The van der Waals surface area contributed by atoms with E-state index in [9.17, 15) is 0 Å². The second kappa shape index (κ2) is 7.14. The minimum atomic E-state index is 0.111. The highest BCUT2D eigenvalue weighted by Crippen LogP contribution is 2.20. The van der Waals surface area contributed by atoms with Crippen LogP contribution in [0.15, 0.2) is 29.6 Å². The van der Waals surface area contributed by atoms with Crippen LogP contribution in [-0.2, 0) is 6.61 Å². The molecule has 0 spiro atoms. The number of rotatable bonds is 4. The number of hydrogen-bond donors (Lipinski definition) is 1. The molecular weight excluding hydrogens is 268 g/mol. The Balaban J connectivity index is 1.94. The lowest BCUT2D eigenvalue weighted by atomic mass is 10.1. The zero-order valence-electron chi connectivity index (χ0n) is 11.8. The van der Waals surface area contributed by atoms with Gasteiger partial charge in [-0.2, -0.15) is 0 Å². The molecular formula is C17H18O2S. The van der Waals surface area contributed by atoms with Crippen LogP contribution in [0.3, 0.4) is 0 Å². The third kappa shape index (κ3) is 4.12. The van der Waals surface area contributed by atoms with Gasteiger partial charge in [-0.25, -0.2) is 0 Å². The summed E-state index contributed by atoms with van der Waals surface area (Å²) in [5.74, 6) is 6.84. The summed E-state index contributed by atoms with van der Waals surface area (Å²) < 4.78 is 5.79. The molecule has 1 heterocycles. The van der Waals surface area contributed by atoms with Gasteiger partial charge in [-0.1, -0.05) is 17.9 Å². The van der Waals surface area contributed by atoms with Gasteiger partial charge in [0.15, 0.2) is 0 Å². The number of thiophene rings is 1. The van der Waals surface area contributed by atoms with Crippen LogP contribution < -0.4 is 4.74 Å². The van der Waals surface area contributed by atoms with Crippen molar-refractivity contribution < 1.29 is 9.84 Å². The van der Waals surface area contributed by atoms with E-state index >= 15 is 0 Å². The van der Waals surface area contributed by atoms with Gasteiger partial charge >= 0.3 is 0 Å². The summed E-state index contributed by atoms with van der Waals surface area (Å²) in [5, 5.41) is 10.7. The maximum atomic E-state index is 8.68. The van der Waals surface area contributed by atoms with E-state index in [1.807, 2.05) is 17.5 Å². The van der Waals surface area contributed by atoms with E-state index < -0.39 is 0 Å². The second-order valence-corrected chi connectivity index (χ2v) is 5.61. The van der Waals surface area contributed by atoms with Gasteiger partial charge in [0.2, 0.25) is 0 Å². The molecule has 0 amide bonds. The molecule has 3 heteroatoms. The van der Waals surface area contributed by atoms with E-state index in [0.717, 1.165) is 16.2 Å². The molecule has 0 unspecified atom stereocenters. The highest BCUT2D eigenvalue weighted by molar-refractivity contribution is 7.10. The van der Waals surface area contributed by atoms with Crippen molar-refractivity contribution >= 4 is 11.3 Å². The van der Waals surface area contributed by atoms with E-state index in [1.54, 1.807) is 11.3 Å². The normalized spacial score (nSPS) is 9.95. The van der Waals surface area contributed by atoms with Crippen molar-refractivity contribution in [3.8, 4) is 17.6 Å². The number of hydrogen-bond acceptors (Lipinski definition) is 3. The average Bonchev–Trinajstić information content (AvgIpc) is 2.88. The van der Waals surface area contributed by atoms with Gasteiger partial charge in [-0.15, -0.1) is 11.3 Å². The van der Waals surface area contributed by atoms with Crippen molar-refractivity contribution in [1.29, 1.82) is 0 Å². The Morgan fingerprint density at radius 3 is 2.80 bits per heavy atom. The molecule has 1 aromatic carbocycles. The SMILES string of the molecule is Cc1ccc(OCc2cc(C#CCCO)cs2)cc1C. The number of aryl methyl sites for hydroxylation is 2. The molecule has 0 saturated carbocycles. The van der Waals surface area contributed by atoms with Crippen molar-refractivity contribution in [1.82, 2.24) is 0 Å². The molecule has 0 atom stereocenters. The lowest BCUT2D eigenvalue weighted by Crippen LogP contribution is -1.93. The zero-order valence-corrected chi connectivity index (χ0v) is 12.6. The minimum absolute atomic E-state index is 0.111. The number of ether oxygens (including phenoxy) is 1. The Morgan fingerprint density at radius 1 is 1.20 bits per heavy atom. The highest BCUT2D eigenvalue weighted by Gasteiger charge is 2.01. The molecule has 0 fully saturated rings. The van der Waals surface area contributed by atoms with Crippen LogP contribution in [0.1, 0.15) is 28.0 Å². The van der Waals surface area contributed by atoms with Crippen molar-refractivity contribution in [2.75, 3.05) is 6.61 Å². The summed E-state index contributed by atoms with van der Waals surface area (Å²) in [6.07, 6.45) is 0.518. The maximum Gasteiger partial charge on any atom is 0.122 e. The van der Waals surface area contributed by atoms with Gasteiger partial charge in [0.25, 0.3) is 0 Å². The van der Waals surface area contributed by atoms with E-state index in [2.05, 4.69) is 37.8 Å². The molecule has 1 N–H and O–H groups in total. The molecule has 20 heavy (non-hydrogen) atoms. The van der Waals surface area contributed by atoms with Gasteiger partial charge < -0.3 is 9.84 Å². The van der Waals surface area contributed by atoms with Crippen molar-refractivity contribution in [3.63, 3.8) is 0 Å². The van der Waals surface area contributed by atoms with E-state index in [1.165, 1.54) is 11.1 Å². The lowest BCUT2D eigenvalue weighted by Gasteiger charge is -2.06. The summed E-state index contributed by atoms with van der Waals surface area (Å²) in [4.78, 5) is 1.15. The Kier molecular flexibility index (Phi) is 5.23. The van der Waals surface area contributed by atoms with Crippen LogP contribution in [0.2, 0.25) is 0 Å². The third-order valence-electron chi connectivity index (χ3n) is 2.98. The minimum Gasteiger partial charge on any atom is -0.488 e. The Hall–Kier alpha value is -1.76. The van der Waals surface area contributed by atoms with Gasteiger partial charge in [-0.05, 0) is 43.2 Å². The standard InChI is InChI=1S/C17H18O2S/c1-13-6-7-16(9-14(13)2)19-11-17-10-15(12-20-17)5-3-4-8-18/h6-7,9-10,12,18H,4,8,11H2,1-2H3. The number of aliphatic hydroxyl groups excluding tert-OH is 1. The molecule has 0 radical (unpaired) electrons. The molecule has 104 valence electrons. The van der Waals surface area contributed by atoms with Crippen LogP contribution in [0.4, 0.5) is 0 Å². The fraction of sp³-hybridized carbons (Fsp3) is 0.294. The lowest BCUT2D eigenvalue weighted by molar-refractivity contribution is 0.305. The maximum absolute atomic E-state index is 8.68. The number of aliphatic hydroxyl groups is 1. The van der Waals surface area contributed by atoms with E-state index in [0.29, 0.717) is 13.0 Å². The molecule has 0 aliphatic rings. The quantitative estimate of drug-likeness (QED) is 0.869. The third-order valence-corrected chi connectivity index (χ3v) is 3.89. The molecule has 0 saturated heterocycles. The monoisotopic (exact) mass is 286 g/mol. The molecule has 2 aromatic rings. The summed E-state index contributed by atoms with van der Waals surface area (Å²) in [7, 11) is 0. The first kappa shape index (κ1) is 14.6. The molecule has 0 bridgehead atoms. The first-order valence-electron chi connectivity index (χ1n) is 6.56. The summed E-state index contributed by atoms with van der Waals surface area (Å²) in [5.41, 5.74) is 3.50. The fourth-order valence-corrected chi connectivity index (χ4v) is 2.43. The predicted molar refractivity (Wildman–Crippen MR) is 83.1 cm³/mol. The van der Waals surface area contributed by atoms with Crippen LogP contribution in [0.5, 0.6) is 5.75 Å². The fourth-order valence-electron chi connectivity index (χ4n) is 1.70. The number of benzene rings is 1. The average molecular weight is 286 g/mol. The summed E-state index contributed by atoms with van der Waals surface area (Å²) in [6.45, 7) is 4.85. The highest BCUT2D eigenvalue weighted by atomic mass is 32.1. The van der Waals surface area contributed by atoms with Gasteiger partial charge in [0, 0.05) is 22.2 Å². The molecule has 2 nitrogen and oxygen atoms in total. The topological polar surface area (TPSA) is 29.5 Å². The van der Waals surface area contributed by atoms with Gasteiger partial charge in [0.1, 0.15) is 12.4 Å². The smallest absolute Gasteiger partial charge is 0.122 e. The predicted octanol–water partition coefficient (Wildman–Crippen LogP) is 3.68. The Morgan fingerprint density at radius 2 is 2.05 bits per heavy atom. The van der Waals surface area contributed by atoms with Gasteiger partial charge in [-0.3, -0.25) is 0 Å². The Labute approximate surface area is 124 Å². The first-order chi connectivity index (χ1) is 9.69. The van der Waals surface area contributed by atoms with Gasteiger partial charge in [0.05, 0.1) is 6.61 Å².